The second kappa shape index (κ2) is 7.56. The first-order valence-electron chi connectivity index (χ1n) is 7.96. The number of nitrogens with one attached hydrogen (secondary N) is 2. The van der Waals surface area contributed by atoms with Crippen LogP contribution in [0, 0.1) is 0 Å². The summed E-state index contributed by atoms with van der Waals surface area (Å²) in [7, 11) is 0. The van der Waals surface area contributed by atoms with Gasteiger partial charge in [-0.05, 0) is 31.7 Å². The van der Waals surface area contributed by atoms with Gasteiger partial charge in [0.2, 0.25) is 0 Å². The number of likely N-dealkylation sites (tertiary alicyclic amines) is 1. The average molecular weight is 292 g/mol. The van der Waals surface area contributed by atoms with E-state index < -0.39 is 0 Å². The molecule has 6 nitrogen and oxygen atoms in total. The van der Waals surface area contributed by atoms with E-state index in [1.165, 1.54) is 13.0 Å². The summed E-state index contributed by atoms with van der Waals surface area (Å²) in [6, 6.07) is 0.483. The summed E-state index contributed by atoms with van der Waals surface area (Å²) in [5.41, 5.74) is 3.74. The van der Waals surface area contributed by atoms with Gasteiger partial charge in [-0.15, -0.1) is 0 Å². The van der Waals surface area contributed by atoms with Gasteiger partial charge in [0.05, 0.1) is 0 Å². The fraction of sp³-hybridized carbons (Fsp3) is 0.733. The summed E-state index contributed by atoms with van der Waals surface area (Å²) in [4.78, 5) is 11.2. The predicted molar refractivity (Wildman–Crippen MR) is 87.3 cm³/mol. The fourth-order valence-electron chi connectivity index (χ4n) is 2.98. The van der Waals surface area contributed by atoms with Crippen molar-refractivity contribution >= 4 is 11.6 Å². The highest BCUT2D eigenvalue weighted by Crippen LogP contribution is 2.29. The molecule has 4 N–H and O–H groups in total. The summed E-state index contributed by atoms with van der Waals surface area (Å²) in [5.74, 6) is 7.52. The maximum absolute atomic E-state index is 5.57. The summed E-state index contributed by atoms with van der Waals surface area (Å²) in [6.07, 6.45) is 5.11. The number of nitrogen functional groups attached to an aromatic ring is 1. The minimum Gasteiger partial charge on any atom is -0.367 e. The van der Waals surface area contributed by atoms with Crippen LogP contribution < -0.4 is 16.6 Å². The first kappa shape index (κ1) is 16.0. The van der Waals surface area contributed by atoms with Crippen LogP contribution >= 0.6 is 0 Å². The molecule has 6 heteroatoms. The van der Waals surface area contributed by atoms with Crippen LogP contribution in [0.1, 0.15) is 51.5 Å². The molecule has 21 heavy (non-hydrogen) atoms. The SMILES string of the molecule is CCCN1CCC(Nc2ncnc(NN)c2C(C)C)CC1. The van der Waals surface area contributed by atoms with Gasteiger partial charge in [-0.25, -0.2) is 15.8 Å². The zero-order valence-electron chi connectivity index (χ0n) is 13.4. The van der Waals surface area contributed by atoms with Crippen LogP contribution in [0.25, 0.3) is 0 Å². The van der Waals surface area contributed by atoms with Crippen LogP contribution in [0.2, 0.25) is 0 Å². The molecule has 0 radical (unpaired) electrons. The highest BCUT2D eigenvalue weighted by atomic mass is 15.3. The Hall–Kier alpha value is -1.40. The molecule has 118 valence electrons. The number of anilines is 2. The zero-order chi connectivity index (χ0) is 15.2. The van der Waals surface area contributed by atoms with Crippen LogP contribution in [0.4, 0.5) is 11.6 Å². The van der Waals surface area contributed by atoms with Gasteiger partial charge in [-0.3, -0.25) is 0 Å². The van der Waals surface area contributed by atoms with E-state index in [4.69, 9.17) is 5.84 Å². The number of hydrazine groups is 1. The van der Waals surface area contributed by atoms with Gasteiger partial charge in [0.25, 0.3) is 0 Å². The number of hydrogen-bond donors (Lipinski definition) is 3. The van der Waals surface area contributed by atoms with E-state index in [1.807, 2.05) is 0 Å². The highest BCUT2D eigenvalue weighted by molar-refractivity contribution is 5.58. The Kier molecular flexibility index (Phi) is 5.76. The smallest absolute Gasteiger partial charge is 0.148 e. The van der Waals surface area contributed by atoms with Crippen molar-refractivity contribution in [1.29, 1.82) is 0 Å². The molecule has 1 saturated heterocycles. The van der Waals surface area contributed by atoms with E-state index in [9.17, 15) is 0 Å². The zero-order valence-corrected chi connectivity index (χ0v) is 13.4. The van der Waals surface area contributed by atoms with Crippen molar-refractivity contribution in [3.8, 4) is 0 Å². The third-order valence-electron chi connectivity index (χ3n) is 4.07. The highest BCUT2D eigenvalue weighted by Gasteiger charge is 2.21. The minimum atomic E-state index is 0.319. The molecule has 0 bridgehead atoms. The first-order chi connectivity index (χ1) is 10.2. The molecule has 0 unspecified atom stereocenters. The largest absolute Gasteiger partial charge is 0.367 e. The standard InChI is InChI=1S/C15H28N6/c1-4-7-21-8-5-12(6-9-21)19-14-13(11(2)3)15(20-16)18-10-17-14/h10-12H,4-9,16H2,1-3H3,(H2,17,18,19,20). The van der Waals surface area contributed by atoms with E-state index in [2.05, 4.69) is 46.4 Å². The lowest BCUT2D eigenvalue weighted by Crippen LogP contribution is -2.39. The minimum absolute atomic E-state index is 0.319. The molecular formula is C15H28N6. The maximum Gasteiger partial charge on any atom is 0.148 e. The lowest BCUT2D eigenvalue weighted by molar-refractivity contribution is 0.219. The first-order valence-corrected chi connectivity index (χ1v) is 7.96. The van der Waals surface area contributed by atoms with E-state index in [0.717, 1.165) is 37.3 Å². The normalized spacial score (nSPS) is 17.2. The molecule has 2 rings (SSSR count). The van der Waals surface area contributed by atoms with Gasteiger partial charge >= 0.3 is 0 Å². The van der Waals surface area contributed by atoms with Crippen LogP contribution in [0.15, 0.2) is 6.33 Å². The third-order valence-corrected chi connectivity index (χ3v) is 4.07. The topological polar surface area (TPSA) is 79.1 Å². The molecule has 2 heterocycles. The lowest BCUT2D eigenvalue weighted by Gasteiger charge is -2.33. The monoisotopic (exact) mass is 292 g/mol. The predicted octanol–water partition coefficient (Wildman–Crippen LogP) is 2.17. The number of aromatic nitrogens is 2. The van der Waals surface area contributed by atoms with Crippen molar-refractivity contribution in [2.45, 2.75) is 52.0 Å². The Morgan fingerprint density at radius 3 is 2.52 bits per heavy atom. The van der Waals surface area contributed by atoms with Crippen LogP contribution in [-0.4, -0.2) is 40.5 Å². The van der Waals surface area contributed by atoms with Crippen molar-refractivity contribution in [2.75, 3.05) is 30.4 Å². The van der Waals surface area contributed by atoms with E-state index in [1.54, 1.807) is 6.33 Å². The molecule has 1 aliphatic heterocycles. The van der Waals surface area contributed by atoms with Crippen molar-refractivity contribution in [1.82, 2.24) is 14.9 Å². The Balaban J connectivity index is 2.03. The Labute approximate surface area is 127 Å². The molecule has 0 atom stereocenters. The molecular weight excluding hydrogens is 264 g/mol. The molecule has 1 fully saturated rings. The average Bonchev–Trinajstić information content (AvgIpc) is 2.49. The fourth-order valence-corrected chi connectivity index (χ4v) is 2.98. The number of nitrogens with zero attached hydrogens (tertiary/aromatic N) is 3. The second-order valence-electron chi connectivity index (χ2n) is 6.04. The molecule has 0 spiro atoms. The van der Waals surface area contributed by atoms with Gasteiger partial charge in [0.1, 0.15) is 18.0 Å². The van der Waals surface area contributed by atoms with E-state index >= 15 is 0 Å². The molecule has 1 aliphatic rings. The van der Waals surface area contributed by atoms with Gasteiger partial charge in [-0.2, -0.15) is 0 Å². The molecule has 1 aromatic rings. The Morgan fingerprint density at radius 1 is 1.29 bits per heavy atom. The van der Waals surface area contributed by atoms with Crippen molar-refractivity contribution < 1.29 is 0 Å². The van der Waals surface area contributed by atoms with E-state index in [0.29, 0.717) is 17.8 Å². The summed E-state index contributed by atoms with van der Waals surface area (Å²) in [5, 5.41) is 3.59. The summed E-state index contributed by atoms with van der Waals surface area (Å²) >= 11 is 0. The van der Waals surface area contributed by atoms with Gasteiger partial charge < -0.3 is 15.6 Å². The second-order valence-corrected chi connectivity index (χ2v) is 6.04. The maximum atomic E-state index is 5.57. The summed E-state index contributed by atoms with van der Waals surface area (Å²) < 4.78 is 0. The number of hydrogen-bond acceptors (Lipinski definition) is 6. The van der Waals surface area contributed by atoms with Gasteiger partial charge in [0.15, 0.2) is 0 Å². The van der Waals surface area contributed by atoms with Crippen LogP contribution in [0.3, 0.4) is 0 Å². The Bertz CT molecular complexity index is 440. The van der Waals surface area contributed by atoms with Crippen LogP contribution in [-0.2, 0) is 0 Å². The van der Waals surface area contributed by atoms with Gasteiger partial charge in [0, 0.05) is 24.7 Å². The number of rotatable bonds is 6. The number of nitrogens with two attached hydrogens (primary N) is 1. The van der Waals surface area contributed by atoms with Crippen molar-refractivity contribution in [3.05, 3.63) is 11.9 Å². The molecule has 0 saturated carbocycles. The summed E-state index contributed by atoms with van der Waals surface area (Å²) in [6.45, 7) is 10.0. The molecule has 1 aromatic heterocycles. The van der Waals surface area contributed by atoms with E-state index in [-0.39, 0.29) is 0 Å². The Morgan fingerprint density at radius 2 is 1.95 bits per heavy atom. The molecule has 0 amide bonds. The van der Waals surface area contributed by atoms with Gasteiger partial charge in [-0.1, -0.05) is 20.8 Å². The molecule has 0 aromatic carbocycles. The quantitative estimate of drug-likeness (QED) is 0.551. The number of piperidine rings is 1. The molecule has 0 aliphatic carbocycles. The lowest BCUT2D eigenvalue weighted by atomic mass is 10.0. The van der Waals surface area contributed by atoms with Crippen molar-refractivity contribution in [2.24, 2.45) is 5.84 Å². The third kappa shape index (κ3) is 4.04. The van der Waals surface area contributed by atoms with Crippen molar-refractivity contribution in [3.63, 3.8) is 0 Å². The van der Waals surface area contributed by atoms with Crippen LogP contribution in [0.5, 0.6) is 0 Å².